The lowest BCUT2D eigenvalue weighted by Gasteiger charge is -2.24. The van der Waals surface area contributed by atoms with Gasteiger partial charge in [0, 0.05) is 30.8 Å². The van der Waals surface area contributed by atoms with Crippen molar-refractivity contribution in [3.05, 3.63) is 75.6 Å². The second-order valence-electron chi connectivity index (χ2n) is 11.0. The normalized spacial score (nSPS) is 11.8. The van der Waals surface area contributed by atoms with E-state index < -0.39 is 58.6 Å². The molecule has 228 valence electrons. The fourth-order valence-corrected chi connectivity index (χ4v) is 4.12. The van der Waals surface area contributed by atoms with E-state index in [1.165, 1.54) is 19.2 Å². The topological polar surface area (TPSA) is 196 Å². The molecule has 2 aromatic carbocycles. The smallest absolute Gasteiger partial charge is 0.322 e. The lowest BCUT2D eigenvalue weighted by Crippen LogP contribution is -2.52. The summed E-state index contributed by atoms with van der Waals surface area (Å²) in [6.07, 6.45) is 0.232. The number of carbonyl (C=O) groups is 5. The highest BCUT2D eigenvalue weighted by molar-refractivity contribution is 6.03. The van der Waals surface area contributed by atoms with E-state index in [9.17, 15) is 33.9 Å². The van der Waals surface area contributed by atoms with Crippen LogP contribution in [0.5, 0.6) is 5.75 Å². The molecule has 1 atom stereocenters. The number of carboxylic acid groups (broad SMARTS) is 1. The summed E-state index contributed by atoms with van der Waals surface area (Å²) in [5, 5.41) is 29.7. The Morgan fingerprint density at radius 3 is 2.21 bits per heavy atom. The van der Waals surface area contributed by atoms with Gasteiger partial charge in [0.15, 0.2) is 0 Å². The Hall–Kier alpha value is -5.20. The molecule has 0 aliphatic heterocycles. The highest BCUT2D eigenvalue weighted by atomic mass is 16.4. The summed E-state index contributed by atoms with van der Waals surface area (Å²) in [7, 11) is 1.40. The van der Waals surface area contributed by atoms with Crippen molar-refractivity contribution in [1.29, 1.82) is 0 Å². The molecule has 1 heterocycles. The van der Waals surface area contributed by atoms with E-state index in [0.717, 1.165) is 10.1 Å². The minimum atomic E-state index is -1.32. The van der Waals surface area contributed by atoms with Gasteiger partial charge in [-0.1, -0.05) is 57.2 Å². The highest BCUT2D eigenvalue weighted by Gasteiger charge is 2.28. The van der Waals surface area contributed by atoms with E-state index in [4.69, 9.17) is 5.11 Å². The van der Waals surface area contributed by atoms with Crippen LogP contribution < -0.4 is 26.8 Å². The summed E-state index contributed by atoms with van der Waals surface area (Å²) in [5.74, 6) is -4.34. The molecule has 13 nitrogen and oxygen atoms in total. The number of benzene rings is 2. The number of aryl methyl sites for hydroxylation is 1. The molecule has 6 N–H and O–H groups in total. The molecule has 0 spiro atoms. The maximum atomic E-state index is 13.0. The molecule has 43 heavy (non-hydrogen) atoms. The number of hydrogen-bond donors (Lipinski definition) is 6. The van der Waals surface area contributed by atoms with Crippen LogP contribution in [0, 0.1) is 5.41 Å². The molecule has 0 saturated carbocycles. The predicted octanol–water partition coefficient (Wildman–Crippen LogP) is 0.565. The van der Waals surface area contributed by atoms with Gasteiger partial charge in [-0.15, -0.1) is 0 Å². The first-order valence-electron chi connectivity index (χ1n) is 13.4. The number of aromatic nitrogens is 1. The Balaban J connectivity index is 1.69. The number of aromatic hydroxyl groups is 1. The second-order valence-corrected chi connectivity index (χ2v) is 11.0. The van der Waals surface area contributed by atoms with E-state index in [-0.39, 0.29) is 30.8 Å². The molecule has 0 saturated heterocycles. The Kier molecular flexibility index (Phi) is 10.3. The van der Waals surface area contributed by atoms with Crippen LogP contribution in [-0.2, 0) is 39.2 Å². The van der Waals surface area contributed by atoms with Crippen LogP contribution in [0.15, 0.2) is 53.3 Å². The minimum absolute atomic E-state index is 0.0122. The molecule has 0 radical (unpaired) electrons. The maximum absolute atomic E-state index is 13.0. The summed E-state index contributed by atoms with van der Waals surface area (Å²) < 4.78 is 1.15. The average Bonchev–Trinajstić information content (AvgIpc) is 2.96. The fourth-order valence-electron chi connectivity index (χ4n) is 4.12. The Morgan fingerprint density at radius 1 is 0.907 bits per heavy atom. The number of amides is 4. The van der Waals surface area contributed by atoms with Crippen LogP contribution in [0.25, 0.3) is 10.9 Å². The number of nitrogens with one attached hydrogen (secondary N) is 4. The molecule has 13 heteroatoms. The number of hydrogen-bond acceptors (Lipinski definition) is 7. The van der Waals surface area contributed by atoms with E-state index in [1.807, 2.05) is 30.3 Å². The third-order valence-electron chi connectivity index (χ3n) is 6.56. The van der Waals surface area contributed by atoms with Crippen LogP contribution in [0.4, 0.5) is 0 Å². The first-order chi connectivity index (χ1) is 20.2. The lowest BCUT2D eigenvalue weighted by atomic mass is 9.94. The maximum Gasteiger partial charge on any atom is 0.322 e. The molecule has 3 rings (SSSR count). The van der Waals surface area contributed by atoms with E-state index in [0.29, 0.717) is 11.1 Å². The van der Waals surface area contributed by atoms with Crippen molar-refractivity contribution in [2.24, 2.45) is 12.5 Å². The van der Waals surface area contributed by atoms with Crippen molar-refractivity contribution < 1.29 is 34.2 Å². The third kappa shape index (κ3) is 8.41. The molecule has 0 bridgehead atoms. The van der Waals surface area contributed by atoms with Gasteiger partial charge in [-0.3, -0.25) is 28.8 Å². The van der Waals surface area contributed by atoms with Gasteiger partial charge in [-0.25, -0.2) is 0 Å². The van der Waals surface area contributed by atoms with Gasteiger partial charge in [0.2, 0.25) is 17.7 Å². The number of pyridine rings is 1. The zero-order valence-corrected chi connectivity index (χ0v) is 24.3. The van der Waals surface area contributed by atoms with Gasteiger partial charge >= 0.3 is 5.97 Å². The predicted molar refractivity (Wildman–Crippen MR) is 157 cm³/mol. The standard InChI is InChI=1S/C30H35N5O8/c1-30(2,3)29(43)34-20(13-17-8-6-5-7-9-17)26(40)32-15-22(36)31-14-18-10-11-21-19(12-18)25(39)24(28(42)35(21)4)27(41)33-16-23(37)38/h5-12,20,39H,13-16H2,1-4H3,(H,31,36)(H,32,40)(H,33,41)(H,34,43)(H,37,38)/t20-/m0/s1. The molecule has 0 fully saturated rings. The fraction of sp³-hybridized carbons (Fsp3) is 0.333. The SMILES string of the molecule is Cn1c(=O)c(C(=O)NCC(=O)O)c(O)c2cc(CNC(=O)CNC(=O)[C@H](Cc3ccccc3)NC(=O)C(C)(C)C)ccc21. The van der Waals surface area contributed by atoms with E-state index >= 15 is 0 Å². The Bertz CT molecular complexity index is 1610. The van der Waals surface area contributed by atoms with Crippen molar-refractivity contribution in [3.8, 4) is 5.75 Å². The molecule has 0 aliphatic carbocycles. The first kappa shape index (κ1) is 32.3. The summed E-state index contributed by atoms with van der Waals surface area (Å²) in [6.45, 7) is 4.08. The van der Waals surface area contributed by atoms with Crippen LogP contribution >= 0.6 is 0 Å². The van der Waals surface area contributed by atoms with E-state index in [1.54, 1.807) is 26.8 Å². The molecular formula is C30H35N5O8. The quantitative estimate of drug-likeness (QED) is 0.185. The average molecular weight is 594 g/mol. The Morgan fingerprint density at radius 2 is 1.58 bits per heavy atom. The van der Waals surface area contributed by atoms with Crippen molar-refractivity contribution in [2.45, 2.75) is 39.8 Å². The van der Waals surface area contributed by atoms with Crippen LogP contribution in [0.1, 0.15) is 42.3 Å². The number of aliphatic carboxylic acids is 1. The lowest BCUT2D eigenvalue weighted by molar-refractivity contribution is -0.135. The van der Waals surface area contributed by atoms with Gasteiger partial charge in [0.05, 0.1) is 12.1 Å². The summed E-state index contributed by atoms with van der Waals surface area (Å²) in [5.41, 5.74) is -0.492. The molecule has 0 unspecified atom stereocenters. The van der Waals surface area contributed by atoms with Gasteiger partial charge in [0.1, 0.15) is 23.9 Å². The van der Waals surface area contributed by atoms with Crippen LogP contribution in [0.2, 0.25) is 0 Å². The van der Waals surface area contributed by atoms with Crippen molar-refractivity contribution in [1.82, 2.24) is 25.8 Å². The summed E-state index contributed by atoms with van der Waals surface area (Å²) >= 11 is 0. The number of fused-ring (bicyclic) bond motifs is 1. The molecular weight excluding hydrogens is 558 g/mol. The van der Waals surface area contributed by atoms with Crippen molar-refractivity contribution in [3.63, 3.8) is 0 Å². The number of rotatable bonds is 11. The number of nitrogens with zero attached hydrogens (tertiary/aromatic N) is 1. The summed E-state index contributed by atoms with van der Waals surface area (Å²) in [6, 6.07) is 12.9. The largest absolute Gasteiger partial charge is 0.506 e. The molecule has 0 aliphatic rings. The zero-order chi connectivity index (χ0) is 31.9. The zero-order valence-electron chi connectivity index (χ0n) is 24.3. The monoisotopic (exact) mass is 593 g/mol. The highest BCUT2D eigenvalue weighted by Crippen LogP contribution is 2.27. The van der Waals surface area contributed by atoms with Crippen LogP contribution in [0.3, 0.4) is 0 Å². The number of carboxylic acids is 1. The third-order valence-corrected chi connectivity index (χ3v) is 6.56. The first-order valence-corrected chi connectivity index (χ1v) is 13.4. The van der Waals surface area contributed by atoms with E-state index in [2.05, 4.69) is 21.3 Å². The molecule has 3 aromatic rings. The van der Waals surface area contributed by atoms with Crippen LogP contribution in [-0.4, -0.2) is 63.5 Å². The Labute approximate surface area is 247 Å². The summed E-state index contributed by atoms with van der Waals surface area (Å²) in [4.78, 5) is 74.0. The van der Waals surface area contributed by atoms with Gasteiger partial charge in [-0.05, 0) is 23.3 Å². The number of carbonyl (C=O) groups excluding carboxylic acids is 4. The minimum Gasteiger partial charge on any atom is -0.506 e. The second kappa shape index (κ2) is 13.6. The van der Waals surface area contributed by atoms with Crippen molar-refractivity contribution in [2.75, 3.05) is 13.1 Å². The van der Waals surface area contributed by atoms with Gasteiger partial charge in [0.25, 0.3) is 11.5 Å². The van der Waals surface area contributed by atoms with Gasteiger partial charge < -0.3 is 36.0 Å². The molecule has 4 amide bonds. The van der Waals surface area contributed by atoms with Gasteiger partial charge in [-0.2, -0.15) is 0 Å². The van der Waals surface area contributed by atoms with Crippen molar-refractivity contribution >= 4 is 40.5 Å². The molecule has 1 aromatic heterocycles.